The topological polar surface area (TPSA) is 40.5 Å². The predicted molar refractivity (Wildman–Crippen MR) is 56.3 cm³/mol. The zero-order valence-electron chi connectivity index (χ0n) is 9.20. The maximum atomic E-state index is 10.9. The molecule has 0 aromatic heterocycles. The molecule has 0 aromatic carbocycles. The number of carbonyl (C=O) groups is 1. The Bertz CT molecular complexity index is 194. The largest absolute Gasteiger partial charge is 0.480 e. The Hall–Kier alpha value is -0.570. The fraction of sp³-hybridized carbons (Fsp3) is 0.909. The van der Waals surface area contributed by atoms with E-state index in [9.17, 15) is 4.79 Å². The molecule has 1 aliphatic rings. The molecule has 2 atom stereocenters. The van der Waals surface area contributed by atoms with Crippen molar-refractivity contribution in [3.63, 3.8) is 0 Å². The Morgan fingerprint density at radius 1 is 1.50 bits per heavy atom. The van der Waals surface area contributed by atoms with E-state index >= 15 is 0 Å². The molecule has 0 saturated carbocycles. The molecular formula is C11H21NO2. The summed E-state index contributed by atoms with van der Waals surface area (Å²) in [6.45, 7) is 6.06. The van der Waals surface area contributed by atoms with Gasteiger partial charge in [0.15, 0.2) is 0 Å². The summed E-state index contributed by atoms with van der Waals surface area (Å²) in [5.74, 6) is -0.0400. The molecule has 3 heteroatoms. The van der Waals surface area contributed by atoms with E-state index in [1.54, 1.807) is 0 Å². The Morgan fingerprint density at radius 3 is 2.64 bits per heavy atom. The highest BCUT2D eigenvalue weighted by atomic mass is 16.4. The monoisotopic (exact) mass is 199 g/mol. The Morgan fingerprint density at radius 2 is 2.21 bits per heavy atom. The number of carboxylic acid groups (broad SMARTS) is 1. The van der Waals surface area contributed by atoms with Crippen molar-refractivity contribution in [2.75, 3.05) is 13.1 Å². The lowest BCUT2D eigenvalue weighted by atomic mass is 9.99. The van der Waals surface area contributed by atoms with Crippen LogP contribution in [-0.4, -0.2) is 35.1 Å². The molecule has 1 heterocycles. The molecule has 1 rings (SSSR count). The van der Waals surface area contributed by atoms with E-state index in [1.807, 2.05) is 6.92 Å². The van der Waals surface area contributed by atoms with Gasteiger partial charge in [-0.25, -0.2) is 0 Å². The van der Waals surface area contributed by atoms with Crippen LogP contribution >= 0.6 is 0 Å². The SMILES string of the molecule is CCCC[C@H]1C[C@H](C(=O)O)N(CC)C1. The summed E-state index contributed by atoms with van der Waals surface area (Å²) in [6, 6.07) is -0.221. The molecule has 0 unspecified atom stereocenters. The summed E-state index contributed by atoms with van der Waals surface area (Å²) >= 11 is 0. The molecule has 0 radical (unpaired) electrons. The van der Waals surface area contributed by atoms with Crippen LogP contribution in [0.3, 0.4) is 0 Å². The van der Waals surface area contributed by atoms with Crippen molar-refractivity contribution in [1.82, 2.24) is 4.90 Å². The molecule has 3 nitrogen and oxygen atoms in total. The standard InChI is InChI=1S/C11H21NO2/c1-3-5-6-9-7-10(11(13)14)12(4-2)8-9/h9-10H,3-8H2,1-2H3,(H,13,14)/t9-,10+/m0/s1. The smallest absolute Gasteiger partial charge is 0.320 e. The van der Waals surface area contributed by atoms with Crippen molar-refractivity contribution in [2.45, 2.75) is 45.6 Å². The quantitative estimate of drug-likeness (QED) is 0.736. The molecule has 82 valence electrons. The lowest BCUT2D eigenvalue weighted by molar-refractivity contribution is -0.142. The normalized spacial score (nSPS) is 28.1. The Kier molecular flexibility index (Phi) is 4.39. The van der Waals surface area contributed by atoms with Crippen molar-refractivity contribution in [2.24, 2.45) is 5.92 Å². The second kappa shape index (κ2) is 5.35. The van der Waals surface area contributed by atoms with Gasteiger partial charge in [-0.3, -0.25) is 9.69 Å². The van der Waals surface area contributed by atoms with Gasteiger partial charge >= 0.3 is 5.97 Å². The second-order valence-corrected chi connectivity index (χ2v) is 4.19. The van der Waals surface area contributed by atoms with Crippen molar-refractivity contribution >= 4 is 5.97 Å². The van der Waals surface area contributed by atoms with Gasteiger partial charge in [-0.2, -0.15) is 0 Å². The molecule has 14 heavy (non-hydrogen) atoms. The summed E-state index contributed by atoms with van der Waals surface area (Å²) in [5, 5.41) is 9.02. The number of unbranched alkanes of at least 4 members (excludes halogenated alkanes) is 1. The summed E-state index contributed by atoms with van der Waals surface area (Å²) in [4.78, 5) is 13.0. The maximum Gasteiger partial charge on any atom is 0.320 e. The minimum absolute atomic E-state index is 0.221. The van der Waals surface area contributed by atoms with E-state index in [-0.39, 0.29) is 6.04 Å². The average Bonchev–Trinajstić information content (AvgIpc) is 2.57. The number of rotatable bonds is 5. The van der Waals surface area contributed by atoms with Crippen LogP contribution in [0.1, 0.15) is 39.5 Å². The Labute approximate surface area is 86.1 Å². The first-order valence-electron chi connectivity index (χ1n) is 5.65. The fourth-order valence-corrected chi connectivity index (χ4v) is 2.31. The van der Waals surface area contributed by atoms with Crippen LogP contribution in [0, 0.1) is 5.92 Å². The summed E-state index contributed by atoms with van der Waals surface area (Å²) in [5.41, 5.74) is 0. The molecule has 0 bridgehead atoms. The molecule has 0 spiro atoms. The van der Waals surface area contributed by atoms with Gasteiger partial charge in [-0.15, -0.1) is 0 Å². The van der Waals surface area contributed by atoms with Gasteiger partial charge in [-0.05, 0) is 25.3 Å². The van der Waals surface area contributed by atoms with Gasteiger partial charge < -0.3 is 5.11 Å². The van der Waals surface area contributed by atoms with Gasteiger partial charge in [0.2, 0.25) is 0 Å². The van der Waals surface area contributed by atoms with Gasteiger partial charge in [0, 0.05) is 6.54 Å². The van der Waals surface area contributed by atoms with Gasteiger partial charge in [0.1, 0.15) is 6.04 Å². The van der Waals surface area contributed by atoms with E-state index in [0.29, 0.717) is 5.92 Å². The molecule has 0 aliphatic carbocycles. The molecule has 1 saturated heterocycles. The van der Waals surface area contributed by atoms with E-state index < -0.39 is 5.97 Å². The van der Waals surface area contributed by atoms with Crippen LogP contribution in [0.4, 0.5) is 0 Å². The van der Waals surface area contributed by atoms with E-state index in [4.69, 9.17) is 5.11 Å². The van der Waals surface area contributed by atoms with Gasteiger partial charge in [0.05, 0.1) is 0 Å². The summed E-state index contributed by atoms with van der Waals surface area (Å²) in [6.07, 6.45) is 4.48. The van der Waals surface area contributed by atoms with Crippen molar-refractivity contribution < 1.29 is 9.90 Å². The lowest BCUT2D eigenvalue weighted by Gasteiger charge is -2.18. The third-order valence-electron chi connectivity index (χ3n) is 3.15. The van der Waals surface area contributed by atoms with Crippen molar-refractivity contribution in [3.8, 4) is 0 Å². The third-order valence-corrected chi connectivity index (χ3v) is 3.15. The maximum absolute atomic E-state index is 10.9. The molecule has 0 aromatic rings. The summed E-state index contributed by atoms with van der Waals surface area (Å²) < 4.78 is 0. The molecular weight excluding hydrogens is 178 g/mol. The lowest BCUT2D eigenvalue weighted by Crippen LogP contribution is -2.35. The number of likely N-dealkylation sites (N-methyl/N-ethyl adjacent to an activating group) is 1. The van der Waals surface area contributed by atoms with Crippen LogP contribution in [-0.2, 0) is 4.79 Å². The van der Waals surface area contributed by atoms with Gasteiger partial charge in [0.25, 0.3) is 0 Å². The first kappa shape index (κ1) is 11.5. The summed E-state index contributed by atoms with van der Waals surface area (Å²) in [7, 11) is 0. The van der Waals surface area contributed by atoms with E-state index in [0.717, 1.165) is 19.5 Å². The van der Waals surface area contributed by atoms with Crippen LogP contribution in [0.25, 0.3) is 0 Å². The number of nitrogens with zero attached hydrogens (tertiary/aromatic N) is 1. The third kappa shape index (κ3) is 2.71. The average molecular weight is 199 g/mol. The molecule has 1 N–H and O–H groups in total. The molecule has 0 amide bonds. The fourth-order valence-electron chi connectivity index (χ4n) is 2.31. The predicted octanol–water partition coefficient (Wildman–Crippen LogP) is 1.97. The number of hydrogen-bond donors (Lipinski definition) is 1. The zero-order chi connectivity index (χ0) is 10.6. The number of aliphatic carboxylic acids is 1. The van der Waals surface area contributed by atoms with Gasteiger partial charge in [-0.1, -0.05) is 26.7 Å². The highest BCUT2D eigenvalue weighted by Crippen LogP contribution is 2.26. The van der Waals surface area contributed by atoms with Crippen LogP contribution < -0.4 is 0 Å². The highest BCUT2D eigenvalue weighted by Gasteiger charge is 2.34. The minimum atomic E-state index is -0.647. The van der Waals surface area contributed by atoms with Crippen molar-refractivity contribution in [1.29, 1.82) is 0 Å². The molecule has 1 fully saturated rings. The Balaban J connectivity index is 2.43. The minimum Gasteiger partial charge on any atom is -0.480 e. The number of carboxylic acids is 1. The number of hydrogen-bond acceptors (Lipinski definition) is 2. The first-order valence-corrected chi connectivity index (χ1v) is 5.65. The van der Waals surface area contributed by atoms with Crippen LogP contribution in [0.15, 0.2) is 0 Å². The highest BCUT2D eigenvalue weighted by molar-refractivity contribution is 5.73. The van der Waals surface area contributed by atoms with E-state index in [2.05, 4.69) is 11.8 Å². The number of likely N-dealkylation sites (tertiary alicyclic amines) is 1. The second-order valence-electron chi connectivity index (χ2n) is 4.19. The van der Waals surface area contributed by atoms with E-state index in [1.165, 1.54) is 19.3 Å². The van der Waals surface area contributed by atoms with Crippen molar-refractivity contribution in [3.05, 3.63) is 0 Å². The zero-order valence-corrected chi connectivity index (χ0v) is 9.20. The van der Waals surface area contributed by atoms with Crippen LogP contribution in [0.5, 0.6) is 0 Å². The van der Waals surface area contributed by atoms with Crippen LogP contribution in [0.2, 0.25) is 0 Å². The molecule has 1 aliphatic heterocycles. The first-order chi connectivity index (χ1) is 6.69.